The maximum atomic E-state index is 9.66. The highest BCUT2D eigenvalue weighted by Crippen LogP contribution is 2.36. The van der Waals surface area contributed by atoms with Crippen LogP contribution in [0.25, 0.3) is 0 Å². The molecule has 28 heavy (non-hydrogen) atoms. The molecular weight excluding hydrogens is 447 g/mol. The van der Waals surface area contributed by atoms with Crippen molar-refractivity contribution in [2.45, 2.75) is 6.61 Å². The number of hydrogen-bond acceptors (Lipinski definition) is 6. The first-order valence-corrected chi connectivity index (χ1v) is 9.28. The highest BCUT2D eigenvalue weighted by molar-refractivity contribution is 7.71. The topological polar surface area (TPSA) is 84.7 Å². The number of phenols is 1. The minimum Gasteiger partial charge on any atom is -0.504 e. The molecular formula is C17H13Cl3N4O3S. The van der Waals surface area contributed by atoms with Crippen LogP contribution in [0.15, 0.2) is 35.4 Å². The molecule has 2 N–H and O–H groups in total. The molecule has 0 atom stereocenters. The lowest BCUT2D eigenvalue weighted by molar-refractivity contribution is 0.291. The summed E-state index contributed by atoms with van der Waals surface area (Å²) in [7, 11) is 1.46. The van der Waals surface area contributed by atoms with Gasteiger partial charge in [-0.2, -0.15) is 14.9 Å². The molecule has 0 amide bonds. The highest BCUT2D eigenvalue weighted by Gasteiger charge is 2.12. The second-order valence-electron chi connectivity index (χ2n) is 5.42. The van der Waals surface area contributed by atoms with Crippen LogP contribution < -0.4 is 9.47 Å². The summed E-state index contributed by atoms with van der Waals surface area (Å²) < 4.78 is 12.4. The van der Waals surface area contributed by atoms with Gasteiger partial charge < -0.3 is 14.6 Å². The fraction of sp³-hybridized carbons (Fsp3) is 0.118. The number of halogens is 3. The summed E-state index contributed by atoms with van der Waals surface area (Å²) >= 11 is 23.3. The van der Waals surface area contributed by atoms with Crippen LogP contribution in [0.5, 0.6) is 17.2 Å². The quantitative estimate of drug-likeness (QED) is 0.397. The second-order valence-corrected chi connectivity index (χ2v) is 7.06. The minimum absolute atomic E-state index is 0.00442. The summed E-state index contributed by atoms with van der Waals surface area (Å²) in [6.45, 7) is 0.00442. The number of methoxy groups -OCH3 is 1. The first-order valence-electron chi connectivity index (χ1n) is 7.74. The third kappa shape index (κ3) is 4.59. The van der Waals surface area contributed by atoms with Crippen LogP contribution in [-0.4, -0.2) is 33.3 Å². The molecule has 146 valence electrons. The zero-order chi connectivity index (χ0) is 20.3. The number of hydrogen-bond donors (Lipinski definition) is 2. The van der Waals surface area contributed by atoms with E-state index in [-0.39, 0.29) is 32.9 Å². The Morgan fingerprint density at radius 1 is 1.25 bits per heavy atom. The Morgan fingerprint density at radius 3 is 2.64 bits per heavy atom. The van der Waals surface area contributed by atoms with E-state index in [2.05, 4.69) is 15.3 Å². The van der Waals surface area contributed by atoms with E-state index in [1.165, 1.54) is 30.0 Å². The van der Waals surface area contributed by atoms with Crippen LogP contribution in [0, 0.1) is 4.77 Å². The van der Waals surface area contributed by atoms with Crippen molar-refractivity contribution in [1.82, 2.24) is 14.9 Å². The summed E-state index contributed by atoms with van der Waals surface area (Å²) in [4.78, 5) is 0. The van der Waals surface area contributed by atoms with E-state index >= 15 is 0 Å². The van der Waals surface area contributed by atoms with Crippen molar-refractivity contribution in [1.29, 1.82) is 0 Å². The van der Waals surface area contributed by atoms with Crippen molar-refractivity contribution in [3.05, 3.63) is 61.6 Å². The molecule has 0 spiro atoms. The molecule has 0 fully saturated rings. The zero-order valence-electron chi connectivity index (χ0n) is 14.3. The van der Waals surface area contributed by atoms with Crippen LogP contribution in [0.3, 0.4) is 0 Å². The molecule has 11 heteroatoms. The Kier molecular flexibility index (Phi) is 6.46. The molecule has 0 unspecified atom stereocenters. The molecule has 3 aromatic rings. The molecule has 3 rings (SSSR count). The second kappa shape index (κ2) is 8.83. The van der Waals surface area contributed by atoms with Gasteiger partial charge in [0.05, 0.1) is 23.4 Å². The van der Waals surface area contributed by atoms with E-state index in [4.69, 9.17) is 56.5 Å². The van der Waals surface area contributed by atoms with E-state index in [0.717, 1.165) is 0 Å². The fourth-order valence-corrected chi connectivity index (χ4v) is 3.36. The first-order chi connectivity index (χ1) is 13.4. The Balaban J connectivity index is 1.82. The number of nitrogens with zero attached hydrogens (tertiary/aromatic N) is 3. The standard InChI is InChI=1S/C17H13Cl3N4O3S/c1-26-14-4-9(2-3-13(14)25)7-21-24-15(22-23-17(24)28)8-27-16-11(19)5-10(18)6-12(16)20/h2-7,25H,8H2,1H3,(H,23,28)/b21-7+. The van der Waals surface area contributed by atoms with Gasteiger partial charge >= 0.3 is 0 Å². The molecule has 0 saturated carbocycles. The molecule has 0 saturated heterocycles. The van der Waals surface area contributed by atoms with Gasteiger partial charge in [0.2, 0.25) is 4.77 Å². The van der Waals surface area contributed by atoms with Gasteiger partial charge in [-0.25, -0.2) is 5.10 Å². The maximum Gasteiger partial charge on any atom is 0.216 e. The van der Waals surface area contributed by atoms with Crippen molar-refractivity contribution >= 4 is 53.2 Å². The normalized spacial score (nSPS) is 11.1. The van der Waals surface area contributed by atoms with E-state index < -0.39 is 0 Å². The van der Waals surface area contributed by atoms with Gasteiger partial charge in [-0.3, -0.25) is 0 Å². The molecule has 1 heterocycles. The van der Waals surface area contributed by atoms with Crippen LogP contribution in [0.1, 0.15) is 11.4 Å². The van der Waals surface area contributed by atoms with Crippen LogP contribution in [0.4, 0.5) is 0 Å². The van der Waals surface area contributed by atoms with Crippen LogP contribution in [0.2, 0.25) is 15.1 Å². The lowest BCUT2D eigenvalue weighted by Crippen LogP contribution is -2.05. The average Bonchev–Trinajstić information content (AvgIpc) is 3.00. The molecule has 0 aliphatic heterocycles. The van der Waals surface area contributed by atoms with Gasteiger partial charge in [0.1, 0.15) is 6.61 Å². The summed E-state index contributed by atoms with van der Waals surface area (Å²) in [5.41, 5.74) is 0.688. The number of phenolic OH excluding ortho intramolecular Hbond substituents is 1. The third-order valence-electron chi connectivity index (χ3n) is 3.55. The molecule has 0 aliphatic carbocycles. The predicted octanol–water partition coefficient (Wildman–Crippen LogP) is 5.08. The van der Waals surface area contributed by atoms with E-state index in [1.54, 1.807) is 18.3 Å². The highest BCUT2D eigenvalue weighted by atomic mass is 35.5. The SMILES string of the molecule is COc1cc(/C=N/n2c(COc3c(Cl)cc(Cl)cc3Cl)n[nH]c2=S)ccc1O. The number of benzene rings is 2. The lowest BCUT2D eigenvalue weighted by Gasteiger charge is -2.09. The molecule has 1 aromatic heterocycles. The van der Waals surface area contributed by atoms with Crippen molar-refractivity contribution in [2.24, 2.45) is 5.10 Å². The van der Waals surface area contributed by atoms with Crippen molar-refractivity contribution in [2.75, 3.05) is 7.11 Å². The maximum absolute atomic E-state index is 9.66. The largest absolute Gasteiger partial charge is 0.504 e. The van der Waals surface area contributed by atoms with Gasteiger partial charge in [0, 0.05) is 5.02 Å². The van der Waals surface area contributed by atoms with Crippen molar-refractivity contribution in [3.8, 4) is 17.2 Å². The smallest absolute Gasteiger partial charge is 0.216 e. The number of aromatic amines is 1. The van der Waals surface area contributed by atoms with E-state index in [1.807, 2.05) is 0 Å². The van der Waals surface area contributed by atoms with Gasteiger partial charge in [-0.1, -0.05) is 34.8 Å². The Hall–Kier alpha value is -2.26. The van der Waals surface area contributed by atoms with Crippen molar-refractivity contribution < 1.29 is 14.6 Å². The number of H-pyrrole nitrogens is 1. The van der Waals surface area contributed by atoms with Gasteiger partial charge in [0.15, 0.2) is 23.1 Å². The molecule has 7 nitrogen and oxygen atoms in total. The Labute approximate surface area is 180 Å². The number of rotatable bonds is 6. The van der Waals surface area contributed by atoms with E-state index in [0.29, 0.717) is 22.2 Å². The van der Waals surface area contributed by atoms with Crippen molar-refractivity contribution in [3.63, 3.8) is 0 Å². The minimum atomic E-state index is 0.00442. The fourth-order valence-electron chi connectivity index (χ4n) is 2.24. The molecule has 0 bridgehead atoms. The predicted molar refractivity (Wildman–Crippen MR) is 111 cm³/mol. The van der Waals surface area contributed by atoms with E-state index in [9.17, 15) is 5.11 Å². The summed E-state index contributed by atoms with van der Waals surface area (Å²) in [5.74, 6) is 1.04. The van der Waals surface area contributed by atoms with Gasteiger partial charge in [-0.05, 0) is 48.1 Å². The number of aromatic nitrogens is 3. The zero-order valence-corrected chi connectivity index (χ0v) is 17.4. The number of nitrogens with one attached hydrogen (secondary N) is 1. The van der Waals surface area contributed by atoms with Gasteiger partial charge in [-0.15, -0.1) is 0 Å². The average molecular weight is 460 g/mol. The molecule has 0 radical (unpaired) electrons. The number of aromatic hydroxyl groups is 1. The number of ether oxygens (including phenoxy) is 2. The summed E-state index contributed by atoms with van der Waals surface area (Å²) in [6.07, 6.45) is 1.54. The van der Waals surface area contributed by atoms with Crippen LogP contribution >= 0.6 is 47.0 Å². The summed E-state index contributed by atoms with van der Waals surface area (Å²) in [6, 6.07) is 7.86. The first kappa shape index (κ1) is 20.5. The summed E-state index contributed by atoms with van der Waals surface area (Å²) in [5, 5.41) is 21.7. The Bertz CT molecular complexity index is 1070. The monoisotopic (exact) mass is 458 g/mol. The molecule has 0 aliphatic rings. The third-order valence-corrected chi connectivity index (χ3v) is 4.60. The lowest BCUT2D eigenvalue weighted by atomic mass is 10.2. The Morgan fingerprint density at radius 2 is 1.96 bits per heavy atom. The van der Waals surface area contributed by atoms with Gasteiger partial charge in [0.25, 0.3) is 0 Å². The molecule has 2 aromatic carbocycles. The van der Waals surface area contributed by atoms with Crippen LogP contribution in [-0.2, 0) is 6.61 Å².